The van der Waals surface area contributed by atoms with Crippen LogP contribution in [-0.2, 0) is 4.79 Å². The van der Waals surface area contributed by atoms with Crippen LogP contribution >= 0.6 is 0 Å². The first-order valence-corrected chi connectivity index (χ1v) is 6.01. The van der Waals surface area contributed by atoms with E-state index in [9.17, 15) is 4.79 Å². The number of nitrogens with zero attached hydrogens (tertiary/aromatic N) is 2. The molecule has 0 radical (unpaired) electrons. The number of nitrogens with one attached hydrogen (secondary N) is 1. The summed E-state index contributed by atoms with van der Waals surface area (Å²) in [6.07, 6.45) is 0.631. The van der Waals surface area contributed by atoms with Crippen LogP contribution in [0.5, 0.6) is 0 Å². The van der Waals surface area contributed by atoms with Crippen LogP contribution < -0.4 is 16.0 Å². The highest BCUT2D eigenvalue weighted by molar-refractivity contribution is 5.86. The second kappa shape index (κ2) is 5.52. The fourth-order valence-corrected chi connectivity index (χ4v) is 2.20. The lowest BCUT2D eigenvalue weighted by atomic mass is 10.1. The third-order valence-corrected chi connectivity index (χ3v) is 3.10. The topological polar surface area (TPSA) is 82.2 Å². The smallest absolute Gasteiger partial charge is 0.242 e. The maximum absolute atomic E-state index is 11.8. The van der Waals surface area contributed by atoms with Crippen molar-refractivity contribution in [3.05, 3.63) is 29.8 Å². The minimum Gasteiger partial charge on any atom is -0.358 e. The van der Waals surface area contributed by atoms with Gasteiger partial charge in [-0.2, -0.15) is 5.26 Å². The molecule has 1 unspecified atom stereocenters. The average molecular weight is 244 g/mol. The molecule has 2 rings (SSSR count). The monoisotopic (exact) mass is 244 g/mol. The Labute approximate surface area is 106 Å². The van der Waals surface area contributed by atoms with Gasteiger partial charge in [0.1, 0.15) is 6.04 Å². The van der Waals surface area contributed by atoms with E-state index in [1.165, 1.54) is 0 Å². The zero-order valence-electron chi connectivity index (χ0n) is 10.1. The second-order valence-electron chi connectivity index (χ2n) is 4.24. The predicted octanol–water partition coefficient (Wildman–Crippen LogP) is 0.212. The molecule has 1 aliphatic heterocycles. The molecule has 1 fully saturated rings. The zero-order valence-corrected chi connectivity index (χ0v) is 10.1. The van der Waals surface area contributed by atoms with Crippen molar-refractivity contribution < 1.29 is 4.79 Å². The van der Waals surface area contributed by atoms with Crippen LogP contribution in [0.25, 0.3) is 0 Å². The Morgan fingerprint density at radius 1 is 1.44 bits per heavy atom. The number of piperazine rings is 1. The summed E-state index contributed by atoms with van der Waals surface area (Å²) in [6.45, 7) is 1.88. The number of hydrogen-bond donors (Lipinski definition) is 2. The van der Waals surface area contributed by atoms with Crippen molar-refractivity contribution in [3.63, 3.8) is 0 Å². The Bertz CT molecular complexity index is 463. The Morgan fingerprint density at radius 3 is 2.78 bits per heavy atom. The van der Waals surface area contributed by atoms with Gasteiger partial charge in [0, 0.05) is 18.8 Å². The second-order valence-corrected chi connectivity index (χ2v) is 4.24. The number of carbonyl (C=O) groups is 1. The van der Waals surface area contributed by atoms with E-state index in [-0.39, 0.29) is 11.9 Å². The lowest BCUT2D eigenvalue weighted by Gasteiger charge is -2.36. The molecule has 1 heterocycles. The van der Waals surface area contributed by atoms with Gasteiger partial charge in [-0.1, -0.05) is 0 Å². The van der Waals surface area contributed by atoms with E-state index in [1.54, 1.807) is 12.1 Å². The highest BCUT2D eigenvalue weighted by Crippen LogP contribution is 2.20. The quantitative estimate of drug-likeness (QED) is 0.796. The molecule has 0 spiro atoms. The number of nitriles is 1. The lowest BCUT2D eigenvalue weighted by molar-refractivity contribution is -0.123. The van der Waals surface area contributed by atoms with Crippen LogP contribution in [-0.4, -0.2) is 31.6 Å². The SMILES string of the molecule is N#Cc1ccc(N2CCNC(=O)C2CCN)cc1. The summed E-state index contributed by atoms with van der Waals surface area (Å²) >= 11 is 0. The summed E-state index contributed by atoms with van der Waals surface area (Å²) < 4.78 is 0. The van der Waals surface area contributed by atoms with Gasteiger partial charge in [-0.3, -0.25) is 4.79 Å². The Balaban J connectivity index is 2.22. The van der Waals surface area contributed by atoms with Crippen LogP contribution in [0.4, 0.5) is 5.69 Å². The molecule has 1 aromatic rings. The molecular weight excluding hydrogens is 228 g/mol. The molecule has 0 saturated carbocycles. The number of nitrogens with two attached hydrogens (primary N) is 1. The fraction of sp³-hybridized carbons (Fsp3) is 0.385. The van der Waals surface area contributed by atoms with E-state index >= 15 is 0 Å². The first-order valence-electron chi connectivity index (χ1n) is 6.01. The normalized spacial score (nSPS) is 19.2. The van der Waals surface area contributed by atoms with Crippen molar-refractivity contribution in [2.75, 3.05) is 24.5 Å². The zero-order chi connectivity index (χ0) is 13.0. The van der Waals surface area contributed by atoms with Crippen LogP contribution in [0.3, 0.4) is 0 Å². The van der Waals surface area contributed by atoms with Crippen molar-refractivity contribution >= 4 is 11.6 Å². The van der Waals surface area contributed by atoms with Crippen LogP contribution in [0.15, 0.2) is 24.3 Å². The molecule has 5 nitrogen and oxygen atoms in total. The van der Waals surface area contributed by atoms with Gasteiger partial charge < -0.3 is 16.0 Å². The van der Waals surface area contributed by atoms with Crippen LogP contribution in [0, 0.1) is 11.3 Å². The van der Waals surface area contributed by atoms with E-state index < -0.39 is 0 Å². The minimum atomic E-state index is -0.211. The van der Waals surface area contributed by atoms with E-state index in [1.807, 2.05) is 17.0 Å². The molecular formula is C13H16N4O. The molecule has 5 heteroatoms. The summed E-state index contributed by atoms with van der Waals surface area (Å²) in [7, 11) is 0. The highest BCUT2D eigenvalue weighted by Gasteiger charge is 2.28. The Morgan fingerprint density at radius 2 is 2.17 bits per heavy atom. The molecule has 0 aromatic heterocycles. The molecule has 3 N–H and O–H groups in total. The Kier molecular flexibility index (Phi) is 3.80. The third kappa shape index (κ3) is 2.44. The molecule has 0 aliphatic carbocycles. The summed E-state index contributed by atoms with van der Waals surface area (Å²) in [5.41, 5.74) is 7.14. The number of anilines is 1. The molecule has 1 aliphatic rings. The van der Waals surface area contributed by atoms with Gasteiger partial charge in [0.15, 0.2) is 0 Å². The minimum absolute atomic E-state index is 0.0241. The number of hydrogen-bond acceptors (Lipinski definition) is 4. The maximum atomic E-state index is 11.8. The fourth-order valence-electron chi connectivity index (χ4n) is 2.20. The van der Waals surface area contributed by atoms with E-state index in [2.05, 4.69) is 11.4 Å². The van der Waals surface area contributed by atoms with Crippen molar-refractivity contribution in [1.29, 1.82) is 5.26 Å². The van der Waals surface area contributed by atoms with Gasteiger partial charge in [-0.15, -0.1) is 0 Å². The van der Waals surface area contributed by atoms with Crippen LogP contribution in [0.1, 0.15) is 12.0 Å². The summed E-state index contributed by atoms with van der Waals surface area (Å²) in [6, 6.07) is 9.15. The first-order chi connectivity index (χ1) is 8.76. The Hall–Kier alpha value is -2.06. The van der Waals surface area contributed by atoms with Crippen molar-refractivity contribution in [3.8, 4) is 6.07 Å². The number of amides is 1. The standard InChI is InChI=1S/C13H16N4O/c14-6-5-12-13(18)16-7-8-17(12)11-3-1-10(9-15)2-4-11/h1-4,12H,5-8,14H2,(H,16,18). The number of carbonyl (C=O) groups excluding carboxylic acids is 1. The predicted molar refractivity (Wildman–Crippen MR) is 69.0 cm³/mol. The van der Waals surface area contributed by atoms with Gasteiger partial charge in [0.05, 0.1) is 11.6 Å². The molecule has 94 valence electrons. The number of benzene rings is 1. The molecule has 1 atom stereocenters. The molecule has 1 aromatic carbocycles. The lowest BCUT2D eigenvalue weighted by Crippen LogP contribution is -2.56. The largest absolute Gasteiger partial charge is 0.358 e. The molecule has 0 bridgehead atoms. The average Bonchev–Trinajstić information content (AvgIpc) is 2.41. The first kappa shape index (κ1) is 12.4. The van der Waals surface area contributed by atoms with E-state index in [0.29, 0.717) is 25.1 Å². The number of rotatable bonds is 3. The van der Waals surface area contributed by atoms with Gasteiger partial charge in [0.25, 0.3) is 0 Å². The van der Waals surface area contributed by atoms with Gasteiger partial charge in [-0.05, 0) is 37.2 Å². The van der Waals surface area contributed by atoms with Gasteiger partial charge in [0.2, 0.25) is 5.91 Å². The van der Waals surface area contributed by atoms with Crippen molar-refractivity contribution in [1.82, 2.24) is 5.32 Å². The van der Waals surface area contributed by atoms with E-state index in [4.69, 9.17) is 11.0 Å². The highest BCUT2D eigenvalue weighted by atomic mass is 16.2. The van der Waals surface area contributed by atoms with Crippen LogP contribution in [0.2, 0.25) is 0 Å². The molecule has 1 amide bonds. The van der Waals surface area contributed by atoms with Crippen molar-refractivity contribution in [2.24, 2.45) is 5.73 Å². The summed E-state index contributed by atoms with van der Waals surface area (Å²) in [4.78, 5) is 13.9. The molecule has 1 saturated heterocycles. The summed E-state index contributed by atoms with van der Waals surface area (Å²) in [5, 5.41) is 11.6. The maximum Gasteiger partial charge on any atom is 0.242 e. The van der Waals surface area contributed by atoms with Crippen molar-refractivity contribution in [2.45, 2.75) is 12.5 Å². The van der Waals surface area contributed by atoms with Gasteiger partial charge in [-0.25, -0.2) is 0 Å². The van der Waals surface area contributed by atoms with E-state index in [0.717, 1.165) is 12.2 Å². The van der Waals surface area contributed by atoms with Gasteiger partial charge >= 0.3 is 0 Å². The summed E-state index contributed by atoms with van der Waals surface area (Å²) in [5.74, 6) is 0.0241. The third-order valence-electron chi connectivity index (χ3n) is 3.10. The molecule has 18 heavy (non-hydrogen) atoms.